The van der Waals surface area contributed by atoms with Crippen molar-refractivity contribution < 1.29 is 0 Å². The second-order valence-corrected chi connectivity index (χ2v) is 6.56. The van der Waals surface area contributed by atoms with Gasteiger partial charge in [-0.2, -0.15) is 0 Å². The molecule has 0 radical (unpaired) electrons. The highest BCUT2D eigenvalue weighted by atomic mass is 15.0. The fraction of sp³-hybridized carbons (Fsp3) is 0.400. The monoisotopic (exact) mass is 281 g/mol. The summed E-state index contributed by atoms with van der Waals surface area (Å²) >= 11 is 0. The van der Waals surface area contributed by atoms with Crippen molar-refractivity contribution in [1.29, 1.82) is 0 Å². The summed E-state index contributed by atoms with van der Waals surface area (Å²) in [6.45, 7) is 7.91. The first-order valence-electron chi connectivity index (χ1n) is 7.91. The number of nitrogens with one attached hydrogen (secondary N) is 1. The molecule has 0 aliphatic rings. The Morgan fingerprint density at radius 2 is 1.48 bits per heavy atom. The van der Waals surface area contributed by atoms with Crippen LogP contribution in [0.5, 0.6) is 0 Å². The highest BCUT2D eigenvalue weighted by molar-refractivity contribution is 5.19. The molecule has 1 atom stereocenters. The van der Waals surface area contributed by atoms with Gasteiger partial charge in [-0.25, -0.2) is 0 Å². The zero-order valence-corrected chi connectivity index (χ0v) is 13.5. The number of benzene rings is 2. The van der Waals surface area contributed by atoms with E-state index in [0.29, 0.717) is 5.92 Å². The van der Waals surface area contributed by atoms with Gasteiger partial charge < -0.3 is 5.32 Å². The lowest BCUT2D eigenvalue weighted by Crippen LogP contribution is -2.41. The Labute approximate surface area is 129 Å². The first-order chi connectivity index (χ1) is 10.1. The molecule has 0 saturated carbocycles. The second kappa shape index (κ2) is 7.42. The van der Waals surface area contributed by atoms with E-state index in [1.54, 1.807) is 0 Å². The summed E-state index contributed by atoms with van der Waals surface area (Å²) in [5, 5.41) is 3.73. The molecule has 1 nitrogen and oxygen atoms in total. The van der Waals surface area contributed by atoms with E-state index in [1.807, 2.05) is 0 Å². The minimum absolute atomic E-state index is 0.166. The lowest BCUT2D eigenvalue weighted by atomic mass is 9.93. The minimum Gasteiger partial charge on any atom is -0.311 e. The zero-order valence-electron chi connectivity index (χ0n) is 13.5. The van der Waals surface area contributed by atoms with Gasteiger partial charge in [-0.3, -0.25) is 0 Å². The molecule has 2 aromatic carbocycles. The van der Waals surface area contributed by atoms with Crippen molar-refractivity contribution in [3.05, 3.63) is 71.8 Å². The Morgan fingerprint density at radius 3 is 2.10 bits per heavy atom. The van der Waals surface area contributed by atoms with Crippen LogP contribution in [-0.2, 0) is 6.42 Å². The summed E-state index contributed by atoms with van der Waals surface area (Å²) in [4.78, 5) is 0. The summed E-state index contributed by atoms with van der Waals surface area (Å²) in [6, 6.07) is 21.5. The molecule has 1 unspecified atom stereocenters. The Balaban J connectivity index is 1.81. The van der Waals surface area contributed by atoms with Crippen molar-refractivity contribution in [3.63, 3.8) is 0 Å². The molecular weight excluding hydrogens is 254 g/mol. The third-order valence-electron chi connectivity index (χ3n) is 4.14. The molecule has 0 bridgehead atoms. The summed E-state index contributed by atoms with van der Waals surface area (Å²) in [7, 11) is 0. The van der Waals surface area contributed by atoms with E-state index >= 15 is 0 Å². The van der Waals surface area contributed by atoms with Gasteiger partial charge in [-0.15, -0.1) is 0 Å². The molecule has 0 aliphatic carbocycles. The summed E-state index contributed by atoms with van der Waals surface area (Å²) in [6.07, 6.45) is 2.28. The van der Waals surface area contributed by atoms with Gasteiger partial charge in [0.25, 0.3) is 0 Å². The van der Waals surface area contributed by atoms with E-state index < -0.39 is 0 Å². The highest BCUT2D eigenvalue weighted by Gasteiger charge is 2.18. The van der Waals surface area contributed by atoms with Crippen molar-refractivity contribution in [2.24, 2.45) is 0 Å². The maximum atomic E-state index is 3.73. The molecule has 0 heterocycles. The van der Waals surface area contributed by atoms with Gasteiger partial charge in [0.05, 0.1) is 0 Å². The van der Waals surface area contributed by atoms with Crippen LogP contribution in [0.2, 0.25) is 0 Å². The van der Waals surface area contributed by atoms with Crippen LogP contribution in [0.3, 0.4) is 0 Å². The average molecular weight is 281 g/mol. The van der Waals surface area contributed by atoms with Gasteiger partial charge in [0.2, 0.25) is 0 Å². The Kier molecular flexibility index (Phi) is 5.58. The van der Waals surface area contributed by atoms with Gasteiger partial charge in [0.1, 0.15) is 0 Å². The second-order valence-electron chi connectivity index (χ2n) is 6.56. The molecule has 0 aliphatic heterocycles. The third kappa shape index (κ3) is 5.35. The Bertz CT molecular complexity index is 516. The molecule has 112 valence electrons. The number of rotatable bonds is 7. The molecule has 1 N–H and O–H groups in total. The summed E-state index contributed by atoms with van der Waals surface area (Å²) < 4.78 is 0. The lowest BCUT2D eigenvalue weighted by Gasteiger charge is -2.28. The average Bonchev–Trinajstić information content (AvgIpc) is 2.53. The fourth-order valence-corrected chi connectivity index (χ4v) is 2.52. The van der Waals surface area contributed by atoms with Crippen molar-refractivity contribution in [3.8, 4) is 0 Å². The van der Waals surface area contributed by atoms with Crippen molar-refractivity contribution in [2.75, 3.05) is 6.54 Å². The van der Waals surface area contributed by atoms with E-state index in [1.165, 1.54) is 11.1 Å². The standard InChI is InChI=1S/C20H27N/c1-17(19-12-8-5-9-13-19)16-21-20(2,3)15-14-18-10-6-4-7-11-18/h4-13,17,21H,14-16H2,1-3H3. The molecule has 1 heteroatoms. The molecule has 0 saturated heterocycles. The van der Waals surface area contributed by atoms with Gasteiger partial charge in [-0.05, 0) is 43.7 Å². The van der Waals surface area contributed by atoms with Crippen LogP contribution in [0, 0.1) is 0 Å². The van der Waals surface area contributed by atoms with Gasteiger partial charge >= 0.3 is 0 Å². The minimum atomic E-state index is 0.166. The van der Waals surface area contributed by atoms with Crippen molar-refractivity contribution in [2.45, 2.75) is 45.1 Å². The summed E-state index contributed by atoms with van der Waals surface area (Å²) in [5.74, 6) is 0.544. The first kappa shape index (κ1) is 15.8. The molecule has 0 spiro atoms. The molecular formula is C20H27N. The normalized spacial score (nSPS) is 13.1. The van der Waals surface area contributed by atoms with Crippen LogP contribution in [0.4, 0.5) is 0 Å². The van der Waals surface area contributed by atoms with Crippen LogP contribution >= 0.6 is 0 Å². The maximum Gasteiger partial charge on any atom is 0.0128 e. The van der Waals surface area contributed by atoms with E-state index in [4.69, 9.17) is 0 Å². The predicted octanol–water partition coefficient (Wildman–Crippen LogP) is 4.79. The third-order valence-corrected chi connectivity index (χ3v) is 4.14. The van der Waals surface area contributed by atoms with Crippen LogP contribution in [0.15, 0.2) is 60.7 Å². The maximum absolute atomic E-state index is 3.73. The number of hydrogen-bond donors (Lipinski definition) is 1. The predicted molar refractivity (Wildman–Crippen MR) is 91.7 cm³/mol. The van der Waals surface area contributed by atoms with E-state index in [2.05, 4.69) is 86.8 Å². The first-order valence-corrected chi connectivity index (χ1v) is 7.91. The highest BCUT2D eigenvalue weighted by Crippen LogP contribution is 2.17. The molecule has 0 aromatic heterocycles. The van der Waals surface area contributed by atoms with E-state index in [-0.39, 0.29) is 5.54 Å². The molecule has 0 fully saturated rings. The quantitative estimate of drug-likeness (QED) is 0.769. The topological polar surface area (TPSA) is 12.0 Å². The number of aryl methyl sites for hydroxylation is 1. The molecule has 0 amide bonds. The van der Waals surface area contributed by atoms with Gasteiger partial charge in [-0.1, -0.05) is 67.6 Å². The Morgan fingerprint density at radius 1 is 0.905 bits per heavy atom. The molecule has 2 rings (SSSR count). The summed E-state index contributed by atoms with van der Waals surface area (Å²) in [5.41, 5.74) is 2.99. The van der Waals surface area contributed by atoms with Crippen molar-refractivity contribution >= 4 is 0 Å². The van der Waals surface area contributed by atoms with Crippen molar-refractivity contribution in [1.82, 2.24) is 5.32 Å². The lowest BCUT2D eigenvalue weighted by molar-refractivity contribution is 0.354. The van der Waals surface area contributed by atoms with Crippen LogP contribution in [0.25, 0.3) is 0 Å². The largest absolute Gasteiger partial charge is 0.311 e. The molecule has 21 heavy (non-hydrogen) atoms. The van der Waals surface area contributed by atoms with Crippen LogP contribution in [0.1, 0.15) is 44.2 Å². The van der Waals surface area contributed by atoms with E-state index in [0.717, 1.165) is 19.4 Å². The SMILES string of the molecule is CC(CNC(C)(C)CCc1ccccc1)c1ccccc1. The van der Waals surface area contributed by atoms with Gasteiger partial charge in [0, 0.05) is 12.1 Å². The van der Waals surface area contributed by atoms with Crippen LogP contribution < -0.4 is 5.32 Å². The molecule has 2 aromatic rings. The van der Waals surface area contributed by atoms with Crippen LogP contribution in [-0.4, -0.2) is 12.1 Å². The zero-order chi connectivity index (χ0) is 15.1. The fourth-order valence-electron chi connectivity index (χ4n) is 2.52. The van der Waals surface area contributed by atoms with Gasteiger partial charge in [0.15, 0.2) is 0 Å². The Hall–Kier alpha value is -1.60. The number of hydrogen-bond acceptors (Lipinski definition) is 1. The van der Waals surface area contributed by atoms with E-state index in [9.17, 15) is 0 Å². The smallest absolute Gasteiger partial charge is 0.0128 e.